The van der Waals surface area contributed by atoms with Crippen molar-refractivity contribution >= 4 is 5.69 Å². The summed E-state index contributed by atoms with van der Waals surface area (Å²) < 4.78 is 18.2. The number of hydrogen-bond acceptors (Lipinski definition) is 4. The summed E-state index contributed by atoms with van der Waals surface area (Å²) in [5.41, 5.74) is 6.43. The minimum atomic E-state index is -0.365. The molecule has 0 radical (unpaired) electrons. The van der Waals surface area contributed by atoms with Gasteiger partial charge in [0.2, 0.25) is 0 Å². The van der Waals surface area contributed by atoms with E-state index in [1.54, 1.807) is 0 Å². The van der Waals surface area contributed by atoms with Crippen molar-refractivity contribution in [3.8, 4) is 17.1 Å². The van der Waals surface area contributed by atoms with Crippen LogP contribution in [-0.4, -0.2) is 17.1 Å². The van der Waals surface area contributed by atoms with E-state index >= 15 is 0 Å². The molecule has 0 bridgehead atoms. The maximum Gasteiger partial charge on any atom is 0.163 e. The van der Waals surface area contributed by atoms with Gasteiger partial charge in [0.25, 0.3) is 0 Å². The molecule has 82 valence electrons. The molecule has 4 nitrogen and oxygen atoms in total. The fraction of sp³-hybridized carbons (Fsp3) is 0.0909. The summed E-state index contributed by atoms with van der Waals surface area (Å²) in [4.78, 5) is 8.03. The van der Waals surface area contributed by atoms with Crippen LogP contribution in [0.2, 0.25) is 0 Å². The van der Waals surface area contributed by atoms with E-state index in [2.05, 4.69) is 9.97 Å². The molecule has 16 heavy (non-hydrogen) atoms. The first-order valence-corrected chi connectivity index (χ1v) is 4.62. The van der Waals surface area contributed by atoms with Crippen LogP contribution >= 0.6 is 0 Å². The molecule has 0 amide bonds. The van der Waals surface area contributed by atoms with Gasteiger partial charge < -0.3 is 10.5 Å². The van der Waals surface area contributed by atoms with Crippen molar-refractivity contribution in [2.75, 3.05) is 12.8 Å². The van der Waals surface area contributed by atoms with Crippen LogP contribution in [0.25, 0.3) is 11.4 Å². The number of anilines is 1. The molecular weight excluding hydrogens is 209 g/mol. The number of nitrogens with two attached hydrogens (primary N) is 1. The Hall–Kier alpha value is -2.17. The van der Waals surface area contributed by atoms with Crippen molar-refractivity contribution in [3.05, 3.63) is 36.4 Å². The Labute approximate surface area is 91.9 Å². The van der Waals surface area contributed by atoms with Crippen molar-refractivity contribution in [2.45, 2.75) is 0 Å². The van der Waals surface area contributed by atoms with Crippen LogP contribution in [0, 0.1) is 5.82 Å². The van der Waals surface area contributed by atoms with E-state index in [9.17, 15) is 4.39 Å². The zero-order valence-corrected chi connectivity index (χ0v) is 8.64. The van der Waals surface area contributed by atoms with E-state index in [-0.39, 0.29) is 5.82 Å². The van der Waals surface area contributed by atoms with Crippen molar-refractivity contribution in [3.63, 3.8) is 0 Å². The standard InChI is InChI=1S/C11H10FN3O/c1-16-10-3-2-7(12)4-9(10)11-14-5-8(13)6-15-11/h2-6H,13H2,1H3. The third-order valence-electron chi connectivity index (χ3n) is 2.07. The molecule has 2 N–H and O–H groups in total. The zero-order valence-electron chi connectivity index (χ0n) is 8.64. The van der Waals surface area contributed by atoms with Crippen molar-refractivity contribution in [1.29, 1.82) is 0 Å². The molecule has 2 rings (SSSR count). The Balaban J connectivity index is 2.53. The number of nitrogen functional groups attached to an aromatic ring is 1. The number of methoxy groups -OCH3 is 1. The second-order valence-electron chi connectivity index (χ2n) is 3.18. The molecule has 0 aliphatic heterocycles. The SMILES string of the molecule is COc1ccc(F)cc1-c1ncc(N)cn1. The Morgan fingerprint density at radius 3 is 2.56 bits per heavy atom. The average molecular weight is 219 g/mol. The molecule has 0 saturated heterocycles. The second kappa shape index (κ2) is 4.14. The molecule has 1 heterocycles. The van der Waals surface area contributed by atoms with Gasteiger partial charge in [-0.2, -0.15) is 0 Å². The van der Waals surface area contributed by atoms with Crippen molar-refractivity contribution in [1.82, 2.24) is 9.97 Å². The van der Waals surface area contributed by atoms with Crippen LogP contribution in [0.4, 0.5) is 10.1 Å². The highest BCUT2D eigenvalue weighted by molar-refractivity contribution is 5.64. The fourth-order valence-corrected chi connectivity index (χ4v) is 1.33. The van der Waals surface area contributed by atoms with Gasteiger partial charge in [-0.05, 0) is 18.2 Å². The number of nitrogens with zero attached hydrogens (tertiary/aromatic N) is 2. The minimum Gasteiger partial charge on any atom is -0.496 e. The largest absolute Gasteiger partial charge is 0.496 e. The number of hydrogen-bond donors (Lipinski definition) is 1. The van der Waals surface area contributed by atoms with Gasteiger partial charge in [-0.25, -0.2) is 14.4 Å². The predicted octanol–water partition coefficient (Wildman–Crippen LogP) is 1.87. The lowest BCUT2D eigenvalue weighted by atomic mass is 10.2. The first kappa shape index (κ1) is 10.4. The molecule has 0 fully saturated rings. The van der Waals surface area contributed by atoms with Crippen LogP contribution in [0.5, 0.6) is 5.75 Å². The molecule has 0 atom stereocenters. The second-order valence-corrected chi connectivity index (χ2v) is 3.18. The number of ether oxygens (including phenoxy) is 1. The number of benzene rings is 1. The summed E-state index contributed by atoms with van der Waals surface area (Å²) in [6.45, 7) is 0. The average Bonchev–Trinajstić information content (AvgIpc) is 2.30. The predicted molar refractivity (Wildman–Crippen MR) is 58.4 cm³/mol. The van der Waals surface area contributed by atoms with Crippen LogP contribution in [0.15, 0.2) is 30.6 Å². The topological polar surface area (TPSA) is 61.0 Å². The number of halogens is 1. The van der Waals surface area contributed by atoms with Crippen LogP contribution in [0.3, 0.4) is 0 Å². The highest BCUT2D eigenvalue weighted by Gasteiger charge is 2.09. The van der Waals surface area contributed by atoms with E-state index in [0.717, 1.165) is 0 Å². The van der Waals surface area contributed by atoms with Crippen LogP contribution < -0.4 is 10.5 Å². The highest BCUT2D eigenvalue weighted by Crippen LogP contribution is 2.27. The van der Waals surface area contributed by atoms with Gasteiger partial charge in [0.1, 0.15) is 11.6 Å². The van der Waals surface area contributed by atoms with Crippen LogP contribution in [-0.2, 0) is 0 Å². The quantitative estimate of drug-likeness (QED) is 0.837. The van der Waals surface area contributed by atoms with Crippen molar-refractivity contribution < 1.29 is 9.13 Å². The summed E-state index contributed by atoms with van der Waals surface area (Å²) in [7, 11) is 1.51. The molecule has 5 heteroatoms. The lowest BCUT2D eigenvalue weighted by Crippen LogP contribution is -1.95. The van der Waals surface area contributed by atoms with Crippen LogP contribution in [0.1, 0.15) is 0 Å². The summed E-state index contributed by atoms with van der Waals surface area (Å²) in [6, 6.07) is 4.17. The van der Waals surface area contributed by atoms with Gasteiger partial charge >= 0.3 is 0 Å². The maximum atomic E-state index is 13.1. The molecule has 1 aromatic carbocycles. The van der Waals surface area contributed by atoms with Gasteiger partial charge in [-0.3, -0.25) is 0 Å². The lowest BCUT2D eigenvalue weighted by Gasteiger charge is -2.06. The molecular formula is C11H10FN3O. The Morgan fingerprint density at radius 1 is 1.25 bits per heavy atom. The maximum absolute atomic E-state index is 13.1. The summed E-state index contributed by atoms with van der Waals surface area (Å²) >= 11 is 0. The summed E-state index contributed by atoms with van der Waals surface area (Å²) in [5, 5.41) is 0. The first-order chi connectivity index (χ1) is 7.70. The molecule has 0 saturated carbocycles. The van der Waals surface area contributed by atoms with Gasteiger partial charge in [0, 0.05) is 0 Å². The monoisotopic (exact) mass is 219 g/mol. The first-order valence-electron chi connectivity index (χ1n) is 4.62. The molecule has 0 aliphatic rings. The third-order valence-corrected chi connectivity index (χ3v) is 2.07. The molecule has 0 aliphatic carbocycles. The molecule has 0 spiro atoms. The molecule has 1 aromatic heterocycles. The van der Waals surface area contributed by atoms with E-state index in [0.29, 0.717) is 22.8 Å². The zero-order chi connectivity index (χ0) is 11.5. The molecule has 2 aromatic rings. The lowest BCUT2D eigenvalue weighted by molar-refractivity contribution is 0.415. The van der Waals surface area contributed by atoms with E-state index in [1.807, 2.05) is 0 Å². The van der Waals surface area contributed by atoms with Gasteiger partial charge in [-0.15, -0.1) is 0 Å². The summed E-state index contributed by atoms with van der Waals surface area (Å²) in [5.74, 6) is 0.535. The highest BCUT2D eigenvalue weighted by atomic mass is 19.1. The number of aromatic nitrogens is 2. The fourth-order valence-electron chi connectivity index (χ4n) is 1.33. The van der Waals surface area contributed by atoms with Gasteiger partial charge in [0.15, 0.2) is 5.82 Å². The van der Waals surface area contributed by atoms with E-state index in [4.69, 9.17) is 10.5 Å². The van der Waals surface area contributed by atoms with E-state index < -0.39 is 0 Å². The molecule has 0 unspecified atom stereocenters. The number of rotatable bonds is 2. The summed E-state index contributed by atoms with van der Waals surface area (Å²) in [6.07, 6.45) is 2.93. The minimum absolute atomic E-state index is 0.365. The Kier molecular flexibility index (Phi) is 2.68. The Bertz CT molecular complexity index is 499. The normalized spacial score (nSPS) is 10.1. The van der Waals surface area contributed by atoms with Gasteiger partial charge in [-0.1, -0.05) is 0 Å². The van der Waals surface area contributed by atoms with Crippen molar-refractivity contribution in [2.24, 2.45) is 0 Å². The van der Waals surface area contributed by atoms with E-state index in [1.165, 1.54) is 37.7 Å². The Morgan fingerprint density at radius 2 is 1.94 bits per heavy atom. The van der Waals surface area contributed by atoms with Gasteiger partial charge in [0.05, 0.1) is 30.8 Å². The smallest absolute Gasteiger partial charge is 0.163 e. The third kappa shape index (κ3) is 1.93.